The number of hydrogen-bond donors (Lipinski definition) is 0. The maximum Gasteiger partial charge on any atom is 0.410 e. The molecule has 4 rings (SSSR count). The van der Waals surface area contributed by atoms with E-state index in [1.807, 2.05) is 71.6 Å². The molecule has 2 aromatic carbocycles. The minimum absolute atomic E-state index is 0.0362. The smallest absolute Gasteiger partial charge is 0.410 e. The van der Waals surface area contributed by atoms with Crippen LogP contribution in [0.4, 0.5) is 4.79 Å². The number of carbonyl (C=O) groups excluding carboxylic acids is 2. The van der Waals surface area contributed by atoms with E-state index in [1.54, 1.807) is 12.0 Å². The van der Waals surface area contributed by atoms with Gasteiger partial charge < -0.3 is 14.4 Å². The van der Waals surface area contributed by atoms with Crippen LogP contribution in [0, 0.1) is 0 Å². The normalized spacial score (nSPS) is 23.0. The van der Waals surface area contributed by atoms with Gasteiger partial charge in [0.2, 0.25) is 5.91 Å². The Hall–Kier alpha value is -3.11. The highest BCUT2D eigenvalue weighted by atomic mass is 31.1. The molecule has 2 heterocycles. The van der Waals surface area contributed by atoms with Crippen molar-refractivity contribution < 1.29 is 19.1 Å². The van der Waals surface area contributed by atoms with Crippen LogP contribution < -0.4 is 4.74 Å². The summed E-state index contributed by atoms with van der Waals surface area (Å²) in [7, 11) is 2.62. The van der Waals surface area contributed by atoms with E-state index >= 15 is 0 Å². The van der Waals surface area contributed by atoms with Crippen LogP contribution in [-0.4, -0.2) is 72.6 Å². The molecule has 7 heteroatoms. The summed E-state index contributed by atoms with van der Waals surface area (Å²) in [6, 6.07) is 16.8. The maximum atomic E-state index is 13.1. The Morgan fingerprint density at radius 2 is 2.00 bits per heavy atom. The molecule has 0 spiro atoms. The lowest BCUT2D eigenvalue weighted by Gasteiger charge is -2.49. The minimum atomic E-state index is -0.554. The van der Waals surface area contributed by atoms with E-state index in [2.05, 4.69) is 6.30 Å². The van der Waals surface area contributed by atoms with Gasteiger partial charge in [-0.25, -0.2) is 4.79 Å². The van der Waals surface area contributed by atoms with Gasteiger partial charge >= 0.3 is 6.09 Å². The molecule has 2 aromatic rings. The van der Waals surface area contributed by atoms with Gasteiger partial charge in [-0.2, -0.15) is 0 Å². The minimum Gasteiger partial charge on any atom is -0.497 e. The van der Waals surface area contributed by atoms with Gasteiger partial charge in [0.15, 0.2) is 0 Å². The maximum absolute atomic E-state index is 13.1. The Bertz CT molecular complexity index is 1010. The third-order valence-electron chi connectivity index (χ3n) is 5.92. The summed E-state index contributed by atoms with van der Waals surface area (Å²) in [5, 5.41) is 0. The fraction of sp³-hybridized carbons (Fsp3) is 0.320. The van der Waals surface area contributed by atoms with Gasteiger partial charge in [0.1, 0.15) is 18.4 Å². The Labute approximate surface area is 190 Å². The molecule has 32 heavy (non-hydrogen) atoms. The lowest BCUT2D eigenvalue weighted by atomic mass is 9.90. The van der Waals surface area contributed by atoms with Crippen LogP contribution in [0.2, 0.25) is 0 Å². The summed E-state index contributed by atoms with van der Waals surface area (Å²) in [5.74, 6) is 0.734. The number of ether oxygens (including phenoxy) is 2. The highest BCUT2D eigenvalue weighted by Crippen LogP contribution is 2.32. The van der Waals surface area contributed by atoms with E-state index in [0.29, 0.717) is 19.6 Å². The molecule has 2 amide bonds. The summed E-state index contributed by atoms with van der Waals surface area (Å²) in [4.78, 5) is 29.3. The fourth-order valence-corrected chi connectivity index (χ4v) is 4.65. The molecule has 2 fully saturated rings. The number of rotatable bonds is 9. The van der Waals surface area contributed by atoms with E-state index in [-0.39, 0.29) is 18.0 Å². The van der Waals surface area contributed by atoms with Crippen molar-refractivity contribution in [3.63, 3.8) is 0 Å². The van der Waals surface area contributed by atoms with Crippen LogP contribution in [0.25, 0.3) is 6.08 Å². The standard InChI is InChI=1S/C25H27N2O4P/c1-30-21-10-6-9-19(16-21)11-12-22-23(24(28)26(22)13-14-32-2)27-20(17-31-25(27)29)15-18-7-4-3-5-8-18/h3-12,16,20,22-23H,2,13-15,17H2,1H3. The van der Waals surface area contributed by atoms with Crippen molar-refractivity contribution in [1.82, 2.24) is 9.80 Å². The third-order valence-corrected chi connectivity index (χ3v) is 6.43. The molecule has 2 aliphatic heterocycles. The van der Waals surface area contributed by atoms with Crippen molar-refractivity contribution in [2.45, 2.75) is 24.5 Å². The first kappa shape index (κ1) is 22.1. The number of likely N-dealkylation sites (tertiary alicyclic amines) is 1. The number of benzene rings is 2. The summed E-state index contributed by atoms with van der Waals surface area (Å²) in [6.07, 6.45) is 8.88. The van der Waals surface area contributed by atoms with E-state index in [9.17, 15) is 9.59 Å². The molecule has 0 bridgehead atoms. The topological polar surface area (TPSA) is 59.1 Å². The van der Waals surface area contributed by atoms with Gasteiger partial charge in [-0.15, -0.1) is 8.20 Å². The highest BCUT2D eigenvalue weighted by molar-refractivity contribution is 7.36. The molecule has 2 saturated heterocycles. The summed E-state index contributed by atoms with van der Waals surface area (Å²) in [5.41, 5.74) is 2.09. The summed E-state index contributed by atoms with van der Waals surface area (Å²) >= 11 is 0. The molecule has 0 saturated carbocycles. The predicted molar refractivity (Wildman–Crippen MR) is 127 cm³/mol. The Balaban J connectivity index is 1.57. The molecule has 0 radical (unpaired) electrons. The second-order valence-electron chi connectivity index (χ2n) is 7.88. The van der Waals surface area contributed by atoms with Crippen LogP contribution in [-0.2, 0) is 16.0 Å². The summed E-state index contributed by atoms with van der Waals surface area (Å²) in [6.45, 7) is 0.904. The monoisotopic (exact) mass is 450 g/mol. The zero-order chi connectivity index (χ0) is 22.5. The highest BCUT2D eigenvalue weighted by Gasteiger charge is 2.54. The van der Waals surface area contributed by atoms with Crippen molar-refractivity contribution in [1.29, 1.82) is 0 Å². The van der Waals surface area contributed by atoms with Gasteiger partial charge in [0, 0.05) is 12.7 Å². The molecule has 0 aromatic heterocycles. The van der Waals surface area contributed by atoms with Crippen molar-refractivity contribution >= 4 is 32.6 Å². The molecule has 6 nitrogen and oxygen atoms in total. The Kier molecular flexibility index (Phi) is 6.91. The molecular formula is C25H27N2O4P. The second-order valence-corrected chi connectivity index (χ2v) is 8.77. The average molecular weight is 450 g/mol. The fourth-order valence-electron chi connectivity index (χ4n) is 4.29. The molecule has 2 aliphatic rings. The Morgan fingerprint density at radius 3 is 2.75 bits per heavy atom. The van der Waals surface area contributed by atoms with Crippen LogP contribution in [0.3, 0.4) is 0 Å². The van der Waals surface area contributed by atoms with Crippen molar-refractivity contribution in [3.05, 3.63) is 71.8 Å². The quantitative estimate of drug-likeness (QED) is 0.432. The number of cyclic esters (lactones) is 1. The first-order valence-corrected chi connectivity index (χ1v) is 11.9. The number of hydrogen-bond acceptors (Lipinski definition) is 4. The van der Waals surface area contributed by atoms with E-state index in [0.717, 1.165) is 31.2 Å². The molecule has 166 valence electrons. The molecular weight excluding hydrogens is 423 g/mol. The van der Waals surface area contributed by atoms with Gasteiger partial charge in [0.05, 0.1) is 19.2 Å². The number of amides is 2. The SMILES string of the molecule is C=PCCN1C(=O)C(N2C(=O)OCC2Cc2ccccc2)C1C=Cc1cccc(OC)c1. The van der Waals surface area contributed by atoms with Gasteiger partial charge in [-0.05, 0) is 29.7 Å². The third kappa shape index (κ3) is 4.56. The lowest BCUT2D eigenvalue weighted by Crippen LogP contribution is -2.71. The molecule has 0 aliphatic carbocycles. The largest absolute Gasteiger partial charge is 0.497 e. The van der Waals surface area contributed by atoms with Gasteiger partial charge in [-0.1, -0.05) is 60.9 Å². The van der Waals surface area contributed by atoms with Crippen LogP contribution in [0.1, 0.15) is 11.1 Å². The zero-order valence-corrected chi connectivity index (χ0v) is 19.0. The average Bonchev–Trinajstić information content (AvgIpc) is 3.16. The molecule has 0 N–H and O–H groups in total. The second kappa shape index (κ2) is 10.0. The van der Waals surface area contributed by atoms with Crippen LogP contribution in [0.5, 0.6) is 5.75 Å². The lowest BCUT2D eigenvalue weighted by molar-refractivity contribution is -0.153. The van der Waals surface area contributed by atoms with Gasteiger partial charge in [0.25, 0.3) is 0 Å². The predicted octanol–water partition coefficient (Wildman–Crippen LogP) is 3.73. The van der Waals surface area contributed by atoms with Crippen molar-refractivity contribution in [2.75, 3.05) is 26.4 Å². The van der Waals surface area contributed by atoms with E-state index in [1.165, 1.54) is 0 Å². The number of methoxy groups -OCH3 is 1. The first-order chi connectivity index (χ1) is 15.6. The summed E-state index contributed by atoms with van der Waals surface area (Å²) < 4.78 is 10.7. The molecule has 3 atom stereocenters. The number of β-lactam (4-membered cyclic amide) rings is 1. The first-order valence-electron chi connectivity index (χ1n) is 10.7. The van der Waals surface area contributed by atoms with Crippen LogP contribution in [0.15, 0.2) is 60.7 Å². The number of nitrogens with zero attached hydrogens (tertiary/aromatic N) is 2. The van der Waals surface area contributed by atoms with E-state index in [4.69, 9.17) is 9.47 Å². The van der Waals surface area contributed by atoms with Crippen molar-refractivity contribution in [3.8, 4) is 5.75 Å². The Morgan fingerprint density at radius 1 is 1.19 bits per heavy atom. The van der Waals surface area contributed by atoms with Gasteiger partial charge in [-0.3, -0.25) is 9.69 Å². The zero-order valence-electron chi connectivity index (χ0n) is 18.1. The van der Waals surface area contributed by atoms with Crippen molar-refractivity contribution in [2.24, 2.45) is 0 Å². The van der Waals surface area contributed by atoms with E-state index < -0.39 is 12.1 Å². The molecule has 3 unspecified atom stereocenters. The van der Waals surface area contributed by atoms with Crippen LogP contribution >= 0.6 is 8.20 Å². The number of carbonyl (C=O) groups is 2.